The van der Waals surface area contributed by atoms with Crippen LogP contribution in [0.3, 0.4) is 0 Å². The summed E-state index contributed by atoms with van der Waals surface area (Å²) < 4.78 is 0. The van der Waals surface area contributed by atoms with E-state index in [1.165, 1.54) is 0 Å². The third-order valence-electron chi connectivity index (χ3n) is 2.53. The van der Waals surface area contributed by atoms with Gasteiger partial charge in [-0.25, -0.2) is 4.98 Å². The molecule has 0 aliphatic rings. The third kappa shape index (κ3) is 4.36. The molecule has 96 valence electrons. The number of aromatic nitrogens is 2. The van der Waals surface area contributed by atoms with E-state index in [1.54, 1.807) is 6.20 Å². The fraction of sp³-hybridized carbons (Fsp3) is 0.636. The van der Waals surface area contributed by atoms with E-state index in [2.05, 4.69) is 32.4 Å². The van der Waals surface area contributed by atoms with E-state index in [-0.39, 0.29) is 0 Å². The van der Waals surface area contributed by atoms with E-state index >= 15 is 0 Å². The minimum absolute atomic E-state index is 0.406. The molecule has 1 aromatic rings. The highest BCUT2D eigenvalue weighted by molar-refractivity contribution is 6.32. The summed E-state index contributed by atoms with van der Waals surface area (Å²) in [6, 6.07) is 0.406. The molecule has 1 heterocycles. The van der Waals surface area contributed by atoms with E-state index in [9.17, 15) is 0 Å². The Hall–Kier alpha value is -1.07. The monoisotopic (exact) mass is 257 g/mol. The number of nitrogens with one attached hydrogen (secondary N) is 2. The molecule has 2 N–H and O–H groups in total. The molecule has 0 aromatic carbocycles. The van der Waals surface area contributed by atoms with Gasteiger partial charge in [-0.1, -0.05) is 11.6 Å². The van der Waals surface area contributed by atoms with Crippen molar-refractivity contribution in [2.24, 2.45) is 0 Å². The number of nitrogens with zero attached hydrogens (tertiary/aromatic N) is 3. The molecule has 1 unspecified atom stereocenters. The summed E-state index contributed by atoms with van der Waals surface area (Å²) >= 11 is 6.03. The van der Waals surface area contributed by atoms with Crippen LogP contribution in [0.5, 0.6) is 0 Å². The average molecular weight is 258 g/mol. The molecule has 0 saturated carbocycles. The fourth-order valence-electron chi connectivity index (χ4n) is 1.16. The molecule has 17 heavy (non-hydrogen) atoms. The van der Waals surface area contributed by atoms with Crippen LogP contribution in [0.2, 0.25) is 5.02 Å². The highest BCUT2D eigenvalue weighted by atomic mass is 35.5. The van der Waals surface area contributed by atoms with Crippen LogP contribution >= 0.6 is 11.6 Å². The van der Waals surface area contributed by atoms with Crippen LogP contribution in [-0.4, -0.2) is 48.1 Å². The maximum absolute atomic E-state index is 6.03. The largest absolute Gasteiger partial charge is 0.367 e. The van der Waals surface area contributed by atoms with Crippen molar-refractivity contribution in [2.45, 2.75) is 19.9 Å². The van der Waals surface area contributed by atoms with Gasteiger partial charge in [-0.3, -0.25) is 0 Å². The Balaban J connectivity index is 2.66. The van der Waals surface area contributed by atoms with Crippen molar-refractivity contribution in [3.8, 4) is 0 Å². The Labute approximate surface area is 108 Å². The van der Waals surface area contributed by atoms with E-state index < -0.39 is 0 Å². The van der Waals surface area contributed by atoms with Gasteiger partial charge in [0.1, 0.15) is 5.02 Å². The second-order valence-corrected chi connectivity index (χ2v) is 4.52. The van der Waals surface area contributed by atoms with Crippen molar-refractivity contribution >= 4 is 23.4 Å². The molecule has 0 saturated heterocycles. The summed E-state index contributed by atoms with van der Waals surface area (Å²) in [6.45, 7) is 5.71. The Bertz CT molecular complexity index is 356. The predicted octanol–water partition coefficient (Wildman–Crippen LogP) is 1.92. The van der Waals surface area contributed by atoms with Crippen LogP contribution in [0.15, 0.2) is 6.20 Å². The summed E-state index contributed by atoms with van der Waals surface area (Å²) in [6.07, 6.45) is 1.61. The van der Waals surface area contributed by atoms with Crippen molar-refractivity contribution < 1.29 is 0 Å². The van der Waals surface area contributed by atoms with Crippen LogP contribution in [0, 0.1) is 0 Å². The molecular weight excluding hydrogens is 238 g/mol. The smallest absolute Gasteiger partial charge is 0.224 e. The lowest BCUT2D eigenvalue weighted by Crippen LogP contribution is -2.31. The Kier molecular flexibility index (Phi) is 5.44. The lowest BCUT2D eigenvalue weighted by Gasteiger charge is -2.20. The van der Waals surface area contributed by atoms with Gasteiger partial charge in [0.15, 0.2) is 5.82 Å². The summed E-state index contributed by atoms with van der Waals surface area (Å²) in [5, 5.41) is 6.82. The maximum atomic E-state index is 6.03. The molecule has 1 rings (SSSR count). The molecule has 0 fully saturated rings. The molecular formula is C11H20ClN5. The first kappa shape index (κ1) is 14.0. The Morgan fingerprint density at radius 2 is 2.12 bits per heavy atom. The number of hydrogen-bond acceptors (Lipinski definition) is 5. The predicted molar refractivity (Wildman–Crippen MR) is 72.8 cm³/mol. The molecule has 5 nitrogen and oxygen atoms in total. The first-order chi connectivity index (χ1) is 8.04. The van der Waals surface area contributed by atoms with Gasteiger partial charge >= 0.3 is 0 Å². The van der Waals surface area contributed by atoms with Gasteiger partial charge in [-0.15, -0.1) is 0 Å². The van der Waals surface area contributed by atoms with Gasteiger partial charge in [0.25, 0.3) is 0 Å². The second-order valence-electron chi connectivity index (χ2n) is 4.11. The van der Waals surface area contributed by atoms with E-state index in [0.29, 0.717) is 22.8 Å². The van der Waals surface area contributed by atoms with E-state index in [1.807, 2.05) is 21.0 Å². The number of anilines is 2. The van der Waals surface area contributed by atoms with Gasteiger partial charge in [-0.05, 0) is 27.9 Å². The van der Waals surface area contributed by atoms with Crippen LogP contribution in [-0.2, 0) is 0 Å². The summed E-state index contributed by atoms with van der Waals surface area (Å²) in [7, 11) is 4.08. The molecule has 0 radical (unpaired) electrons. The first-order valence-corrected chi connectivity index (χ1v) is 6.09. The maximum Gasteiger partial charge on any atom is 0.224 e. The minimum atomic E-state index is 0.406. The van der Waals surface area contributed by atoms with Gasteiger partial charge < -0.3 is 15.5 Å². The number of halogens is 1. The molecule has 0 amide bonds. The van der Waals surface area contributed by atoms with Crippen LogP contribution < -0.4 is 10.6 Å². The highest BCUT2D eigenvalue weighted by Crippen LogP contribution is 2.19. The van der Waals surface area contributed by atoms with E-state index in [4.69, 9.17) is 11.6 Å². The molecule has 0 aliphatic heterocycles. The van der Waals surface area contributed by atoms with Crippen molar-refractivity contribution in [3.05, 3.63) is 11.2 Å². The quantitative estimate of drug-likeness (QED) is 0.816. The third-order valence-corrected chi connectivity index (χ3v) is 2.80. The molecule has 1 atom stereocenters. The molecule has 0 spiro atoms. The normalized spacial score (nSPS) is 12.6. The number of hydrogen-bond donors (Lipinski definition) is 2. The summed E-state index contributed by atoms with van der Waals surface area (Å²) in [5.74, 6) is 1.27. The second kappa shape index (κ2) is 6.61. The van der Waals surface area contributed by atoms with Crippen molar-refractivity contribution in [3.63, 3.8) is 0 Å². The molecule has 1 aromatic heterocycles. The lowest BCUT2D eigenvalue weighted by molar-refractivity contribution is 0.326. The average Bonchev–Trinajstić information content (AvgIpc) is 2.29. The Morgan fingerprint density at radius 1 is 1.41 bits per heavy atom. The van der Waals surface area contributed by atoms with Gasteiger partial charge in [-0.2, -0.15) is 4.98 Å². The van der Waals surface area contributed by atoms with Crippen molar-refractivity contribution in [1.29, 1.82) is 0 Å². The van der Waals surface area contributed by atoms with Crippen molar-refractivity contribution in [1.82, 2.24) is 14.9 Å². The summed E-state index contributed by atoms with van der Waals surface area (Å²) in [5.41, 5.74) is 0. The SMILES string of the molecule is CCNc1ncc(Cl)c(NCC(C)N(C)C)n1. The Morgan fingerprint density at radius 3 is 2.71 bits per heavy atom. The fourth-order valence-corrected chi connectivity index (χ4v) is 1.32. The lowest BCUT2D eigenvalue weighted by atomic mass is 10.3. The van der Waals surface area contributed by atoms with Crippen LogP contribution in [0.1, 0.15) is 13.8 Å². The number of rotatable bonds is 6. The number of likely N-dealkylation sites (N-methyl/N-ethyl adjacent to an activating group) is 1. The van der Waals surface area contributed by atoms with Crippen molar-refractivity contribution in [2.75, 3.05) is 37.8 Å². The highest BCUT2D eigenvalue weighted by Gasteiger charge is 2.08. The topological polar surface area (TPSA) is 53.1 Å². The van der Waals surface area contributed by atoms with E-state index in [0.717, 1.165) is 13.1 Å². The van der Waals surface area contributed by atoms with Gasteiger partial charge in [0.2, 0.25) is 5.95 Å². The molecule has 6 heteroatoms. The summed E-state index contributed by atoms with van der Waals surface area (Å²) in [4.78, 5) is 10.5. The van der Waals surface area contributed by atoms with Crippen LogP contribution in [0.25, 0.3) is 0 Å². The standard InChI is InChI=1S/C11H20ClN5/c1-5-13-11-15-7-9(12)10(16-11)14-6-8(2)17(3)4/h7-8H,5-6H2,1-4H3,(H2,13,14,15,16). The minimum Gasteiger partial charge on any atom is -0.367 e. The first-order valence-electron chi connectivity index (χ1n) is 5.71. The van der Waals surface area contributed by atoms with Crippen LogP contribution in [0.4, 0.5) is 11.8 Å². The molecule has 0 aliphatic carbocycles. The zero-order valence-electron chi connectivity index (χ0n) is 10.8. The zero-order valence-corrected chi connectivity index (χ0v) is 11.5. The van der Waals surface area contributed by atoms with Gasteiger partial charge in [0, 0.05) is 19.1 Å². The molecule has 0 bridgehead atoms. The van der Waals surface area contributed by atoms with Gasteiger partial charge in [0.05, 0.1) is 6.20 Å². The zero-order chi connectivity index (χ0) is 12.8.